The van der Waals surface area contributed by atoms with Gasteiger partial charge in [0, 0.05) is 18.2 Å². The number of aryl methyl sites for hydroxylation is 1. The highest BCUT2D eigenvalue weighted by atomic mass is 35.5. The number of nitrogens with one attached hydrogen (secondary N) is 1. The number of hydrogen-bond acceptors (Lipinski definition) is 4. The van der Waals surface area contributed by atoms with E-state index in [1.54, 1.807) is 0 Å². The minimum absolute atomic E-state index is 0. The number of carbonyl (C=O) groups excluding carboxylic acids is 1. The van der Waals surface area contributed by atoms with Crippen LogP contribution in [0.1, 0.15) is 28.0 Å². The lowest BCUT2D eigenvalue weighted by molar-refractivity contribution is 0.0957. The van der Waals surface area contributed by atoms with Crippen LogP contribution in [0.5, 0.6) is 0 Å². The van der Waals surface area contributed by atoms with Crippen LogP contribution in [0.3, 0.4) is 0 Å². The molecular formula is C15H21Cl2N3OS. The summed E-state index contributed by atoms with van der Waals surface area (Å²) in [6.45, 7) is 4.43. The first-order valence-corrected chi connectivity index (χ1v) is 7.46. The quantitative estimate of drug-likeness (QED) is 0.856. The molecule has 1 aromatic heterocycles. The molecule has 0 aliphatic rings. The molecule has 4 nitrogen and oxygen atoms in total. The number of amides is 1. The largest absolute Gasteiger partial charge is 0.351 e. The second-order valence-electron chi connectivity index (χ2n) is 4.80. The first-order valence-electron chi connectivity index (χ1n) is 6.64. The van der Waals surface area contributed by atoms with E-state index in [1.165, 1.54) is 11.3 Å². The lowest BCUT2D eigenvalue weighted by Gasteiger charge is -2.07. The second-order valence-corrected chi connectivity index (χ2v) is 6.00. The summed E-state index contributed by atoms with van der Waals surface area (Å²) in [4.78, 5) is 17.4. The molecule has 0 bridgehead atoms. The Balaban J connectivity index is 0.00000220. The molecule has 0 saturated heterocycles. The third kappa shape index (κ3) is 5.57. The normalized spacial score (nSPS) is 11.0. The number of nitrogens with zero attached hydrogens (tertiary/aromatic N) is 1. The van der Waals surface area contributed by atoms with Crippen LogP contribution >= 0.6 is 36.2 Å². The van der Waals surface area contributed by atoms with Crippen LogP contribution in [0.4, 0.5) is 0 Å². The van der Waals surface area contributed by atoms with E-state index < -0.39 is 0 Å². The Hall–Kier alpha value is -1.14. The van der Waals surface area contributed by atoms with Gasteiger partial charge in [-0.25, -0.2) is 4.98 Å². The van der Waals surface area contributed by atoms with Crippen molar-refractivity contribution in [3.63, 3.8) is 0 Å². The third-order valence-corrected chi connectivity index (χ3v) is 3.84. The summed E-state index contributed by atoms with van der Waals surface area (Å²) in [6, 6.07) is 9.86. The monoisotopic (exact) mass is 361 g/mol. The van der Waals surface area contributed by atoms with Crippen molar-refractivity contribution in [3.8, 4) is 11.3 Å². The summed E-state index contributed by atoms with van der Waals surface area (Å²) >= 11 is 1.42. The smallest absolute Gasteiger partial charge is 0.263 e. The highest BCUT2D eigenvalue weighted by molar-refractivity contribution is 7.14. The standard InChI is InChI=1S/C15H19N3OS.2ClH/c1-10(16)8-9-17-15(19)14-13(18-11(2)20-14)12-6-4-3-5-7-12;;/h3-7,10H,8-9,16H2,1-2H3,(H,17,19);2*1H. The SMILES string of the molecule is Cc1nc(-c2ccccc2)c(C(=O)NCCC(C)N)s1.Cl.Cl. The van der Waals surface area contributed by atoms with Crippen molar-refractivity contribution in [2.75, 3.05) is 6.54 Å². The van der Waals surface area contributed by atoms with Crippen molar-refractivity contribution in [3.05, 3.63) is 40.2 Å². The summed E-state index contributed by atoms with van der Waals surface area (Å²) in [6.07, 6.45) is 0.768. The van der Waals surface area contributed by atoms with Gasteiger partial charge in [0.05, 0.1) is 10.7 Å². The average molecular weight is 362 g/mol. The zero-order valence-corrected chi connectivity index (χ0v) is 15.0. The van der Waals surface area contributed by atoms with Crippen LogP contribution in [0.15, 0.2) is 30.3 Å². The molecule has 0 saturated carbocycles. The fourth-order valence-electron chi connectivity index (χ4n) is 1.87. The lowest BCUT2D eigenvalue weighted by atomic mass is 10.1. The molecule has 1 heterocycles. The van der Waals surface area contributed by atoms with Crippen molar-refractivity contribution in [1.29, 1.82) is 0 Å². The Labute approximate surface area is 147 Å². The van der Waals surface area contributed by atoms with Crippen LogP contribution in [0.25, 0.3) is 11.3 Å². The van der Waals surface area contributed by atoms with E-state index in [2.05, 4.69) is 10.3 Å². The maximum atomic E-state index is 12.3. The van der Waals surface area contributed by atoms with Crippen LogP contribution in [0.2, 0.25) is 0 Å². The van der Waals surface area contributed by atoms with Crippen molar-refractivity contribution >= 4 is 42.1 Å². The van der Waals surface area contributed by atoms with Gasteiger partial charge in [0.1, 0.15) is 4.88 Å². The maximum absolute atomic E-state index is 12.3. The van der Waals surface area contributed by atoms with Crippen molar-refractivity contribution in [2.24, 2.45) is 5.73 Å². The Morgan fingerprint density at radius 2 is 1.95 bits per heavy atom. The van der Waals surface area contributed by atoms with Gasteiger partial charge in [-0.1, -0.05) is 30.3 Å². The van der Waals surface area contributed by atoms with E-state index in [1.807, 2.05) is 44.2 Å². The molecule has 2 rings (SSSR count). The fourth-order valence-corrected chi connectivity index (χ4v) is 2.72. The minimum atomic E-state index is -0.0740. The number of carbonyl (C=O) groups is 1. The van der Waals surface area contributed by atoms with Crippen LogP contribution in [-0.4, -0.2) is 23.5 Å². The number of thiazole rings is 1. The predicted octanol–water partition coefficient (Wildman–Crippen LogP) is 3.43. The molecule has 0 aliphatic carbocycles. The summed E-state index contributed by atoms with van der Waals surface area (Å²) in [7, 11) is 0. The highest BCUT2D eigenvalue weighted by Gasteiger charge is 2.17. The maximum Gasteiger partial charge on any atom is 0.263 e. The van der Waals surface area contributed by atoms with Gasteiger partial charge in [0.2, 0.25) is 0 Å². The Kier molecular flexibility index (Phi) is 9.28. The summed E-state index contributed by atoms with van der Waals surface area (Å²) in [5.41, 5.74) is 7.40. The number of benzene rings is 1. The van der Waals surface area contributed by atoms with Crippen molar-refractivity contribution < 1.29 is 4.79 Å². The molecule has 1 aromatic carbocycles. The molecule has 0 radical (unpaired) electrons. The summed E-state index contributed by atoms with van der Waals surface area (Å²) in [5.74, 6) is -0.0740. The van der Waals surface area contributed by atoms with Gasteiger partial charge in [-0.15, -0.1) is 36.2 Å². The summed E-state index contributed by atoms with van der Waals surface area (Å²) < 4.78 is 0. The lowest BCUT2D eigenvalue weighted by Crippen LogP contribution is -2.28. The third-order valence-electron chi connectivity index (χ3n) is 2.87. The second kappa shape index (κ2) is 9.79. The van der Waals surface area contributed by atoms with E-state index in [9.17, 15) is 4.79 Å². The molecule has 1 unspecified atom stereocenters. The molecular weight excluding hydrogens is 341 g/mol. The van der Waals surface area contributed by atoms with E-state index in [-0.39, 0.29) is 36.8 Å². The molecule has 122 valence electrons. The van der Waals surface area contributed by atoms with E-state index in [0.717, 1.165) is 22.7 Å². The molecule has 0 aliphatic heterocycles. The van der Waals surface area contributed by atoms with E-state index >= 15 is 0 Å². The average Bonchev–Trinajstić information content (AvgIpc) is 2.81. The molecule has 1 atom stereocenters. The van der Waals surface area contributed by atoms with Crippen LogP contribution < -0.4 is 11.1 Å². The predicted molar refractivity (Wildman–Crippen MR) is 97.4 cm³/mol. The molecule has 3 N–H and O–H groups in total. The van der Waals surface area contributed by atoms with Gasteiger partial charge in [-0.3, -0.25) is 4.79 Å². The van der Waals surface area contributed by atoms with Crippen molar-refractivity contribution in [2.45, 2.75) is 26.3 Å². The van der Waals surface area contributed by atoms with Gasteiger partial charge in [0.25, 0.3) is 5.91 Å². The molecule has 22 heavy (non-hydrogen) atoms. The van der Waals surface area contributed by atoms with Gasteiger partial charge in [-0.05, 0) is 20.3 Å². The number of hydrogen-bond donors (Lipinski definition) is 2. The number of rotatable bonds is 5. The highest BCUT2D eigenvalue weighted by Crippen LogP contribution is 2.27. The first kappa shape index (κ1) is 20.9. The molecule has 2 aromatic rings. The molecule has 0 fully saturated rings. The Morgan fingerprint density at radius 3 is 2.55 bits per heavy atom. The molecule has 0 spiro atoms. The first-order chi connectivity index (χ1) is 9.58. The topological polar surface area (TPSA) is 68.0 Å². The minimum Gasteiger partial charge on any atom is -0.351 e. The fraction of sp³-hybridized carbons (Fsp3) is 0.333. The molecule has 1 amide bonds. The number of aromatic nitrogens is 1. The van der Waals surface area contributed by atoms with Gasteiger partial charge in [-0.2, -0.15) is 0 Å². The molecule has 7 heteroatoms. The Bertz CT molecular complexity index is 588. The van der Waals surface area contributed by atoms with Crippen molar-refractivity contribution in [1.82, 2.24) is 10.3 Å². The van der Waals surface area contributed by atoms with Gasteiger partial charge < -0.3 is 11.1 Å². The number of halogens is 2. The van der Waals surface area contributed by atoms with Gasteiger partial charge in [0.15, 0.2) is 0 Å². The Morgan fingerprint density at radius 1 is 1.32 bits per heavy atom. The van der Waals surface area contributed by atoms with Crippen LogP contribution in [-0.2, 0) is 0 Å². The van der Waals surface area contributed by atoms with Gasteiger partial charge >= 0.3 is 0 Å². The van der Waals surface area contributed by atoms with Crippen LogP contribution in [0, 0.1) is 6.92 Å². The number of nitrogens with two attached hydrogens (primary N) is 1. The van der Waals surface area contributed by atoms with E-state index in [4.69, 9.17) is 5.73 Å². The zero-order chi connectivity index (χ0) is 14.5. The summed E-state index contributed by atoms with van der Waals surface area (Å²) in [5, 5.41) is 3.80. The zero-order valence-electron chi connectivity index (χ0n) is 12.5. The van der Waals surface area contributed by atoms with E-state index in [0.29, 0.717) is 11.4 Å².